The second kappa shape index (κ2) is 5.30. The molecule has 7 heteroatoms. The number of fused-ring (bicyclic) bond motifs is 1. The number of cyclic esters (lactones) is 2. The fourth-order valence-corrected chi connectivity index (χ4v) is 2.50. The summed E-state index contributed by atoms with van der Waals surface area (Å²) in [5.74, 6) is -2.25. The molecule has 0 radical (unpaired) electrons. The molecule has 6 nitrogen and oxygen atoms in total. The van der Waals surface area contributed by atoms with Crippen LogP contribution in [-0.2, 0) is 30.4 Å². The zero-order valence-electron chi connectivity index (χ0n) is 12.0. The largest absolute Gasteiger partial charge is 0.467 e. The molecule has 1 fully saturated rings. The Balaban J connectivity index is 2.03. The number of ether oxygens (including phenoxy) is 4. The molecule has 1 aromatic carbocycles. The highest BCUT2D eigenvalue weighted by molar-refractivity contribution is 6.31. The topological polar surface area (TPSA) is 71.1 Å². The molecule has 116 valence electrons. The molecule has 2 aliphatic rings. The maximum atomic E-state index is 12.0. The maximum Gasteiger partial charge on any atom is 0.348 e. The number of carbonyl (C=O) groups is 2. The first-order valence-corrected chi connectivity index (χ1v) is 6.95. The van der Waals surface area contributed by atoms with Crippen molar-refractivity contribution in [1.82, 2.24) is 0 Å². The Kier molecular flexibility index (Phi) is 3.58. The van der Waals surface area contributed by atoms with E-state index >= 15 is 0 Å². The molecule has 1 saturated heterocycles. The molecule has 0 aromatic heterocycles. The summed E-state index contributed by atoms with van der Waals surface area (Å²) in [6.45, 7) is 3.41. The van der Waals surface area contributed by atoms with Crippen LogP contribution in [0.4, 0.5) is 0 Å². The van der Waals surface area contributed by atoms with Crippen LogP contribution in [0.25, 0.3) is 6.08 Å². The average Bonchev–Trinajstić information content (AvgIpc) is 2.41. The van der Waals surface area contributed by atoms with Gasteiger partial charge < -0.3 is 18.9 Å². The lowest BCUT2D eigenvalue weighted by atomic mass is 10.0. The molecular formula is C15H13ClO6. The third kappa shape index (κ3) is 2.80. The van der Waals surface area contributed by atoms with E-state index in [0.29, 0.717) is 22.9 Å². The first-order chi connectivity index (χ1) is 10.4. The smallest absolute Gasteiger partial charge is 0.348 e. The highest BCUT2D eigenvalue weighted by Crippen LogP contribution is 2.34. The Hall–Kier alpha value is -2.05. The van der Waals surface area contributed by atoms with Gasteiger partial charge in [-0.3, -0.25) is 0 Å². The fourth-order valence-electron chi connectivity index (χ4n) is 2.25. The molecule has 0 spiro atoms. The van der Waals surface area contributed by atoms with Crippen molar-refractivity contribution in [1.29, 1.82) is 0 Å². The number of esters is 2. The summed E-state index contributed by atoms with van der Waals surface area (Å²) < 4.78 is 20.7. The van der Waals surface area contributed by atoms with Gasteiger partial charge in [0, 0.05) is 30.0 Å². The predicted molar refractivity (Wildman–Crippen MR) is 76.0 cm³/mol. The van der Waals surface area contributed by atoms with Crippen LogP contribution < -0.4 is 4.74 Å². The lowest BCUT2D eigenvalue weighted by molar-refractivity contribution is -0.222. The molecular weight excluding hydrogens is 312 g/mol. The van der Waals surface area contributed by atoms with Crippen molar-refractivity contribution in [2.45, 2.75) is 26.2 Å². The first-order valence-electron chi connectivity index (χ1n) is 6.57. The van der Waals surface area contributed by atoms with Crippen LogP contribution in [0.2, 0.25) is 5.02 Å². The van der Waals surface area contributed by atoms with Crippen LogP contribution >= 0.6 is 11.6 Å². The lowest BCUT2D eigenvalue weighted by Crippen LogP contribution is -2.41. The van der Waals surface area contributed by atoms with Crippen molar-refractivity contribution < 1.29 is 28.5 Å². The molecule has 0 saturated carbocycles. The lowest BCUT2D eigenvalue weighted by Gasteiger charge is -2.30. The first kappa shape index (κ1) is 14.9. The van der Waals surface area contributed by atoms with Crippen LogP contribution in [0.15, 0.2) is 17.7 Å². The summed E-state index contributed by atoms with van der Waals surface area (Å²) >= 11 is 6.04. The molecule has 0 unspecified atom stereocenters. The van der Waals surface area contributed by atoms with E-state index in [1.807, 2.05) is 0 Å². The van der Waals surface area contributed by atoms with E-state index in [1.165, 1.54) is 19.9 Å². The van der Waals surface area contributed by atoms with Gasteiger partial charge >= 0.3 is 11.9 Å². The van der Waals surface area contributed by atoms with Crippen molar-refractivity contribution in [3.63, 3.8) is 0 Å². The quantitative estimate of drug-likeness (QED) is 0.449. The summed E-state index contributed by atoms with van der Waals surface area (Å²) in [6.07, 6.45) is 1.36. The van der Waals surface area contributed by atoms with E-state index in [9.17, 15) is 9.59 Å². The molecule has 3 rings (SSSR count). The molecule has 0 bridgehead atoms. The Labute approximate surface area is 131 Å². The summed E-state index contributed by atoms with van der Waals surface area (Å²) in [5, 5.41) is 0.442. The second-order valence-corrected chi connectivity index (χ2v) is 5.77. The summed E-state index contributed by atoms with van der Waals surface area (Å²) in [7, 11) is 0. The van der Waals surface area contributed by atoms with Crippen LogP contribution in [-0.4, -0.2) is 24.5 Å². The van der Waals surface area contributed by atoms with Gasteiger partial charge in [0.25, 0.3) is 5.79 Å². The molecule has 1 aromatic rings. The van der Waals surface area contributed by atoms with Gasteiger partial charge in [0.2, 0.25) is 0 Å². The molecule has 2 aliphatic heterocycles. The highest BCUT2D eigenvalue weighted by Gasteiger charge is 2.39. The standard InChI is InChI=1S/C15H13ClO6/c1-15(2)21-13(17)11(14(18)22-15)5-8-3-10(16)4-9-6-19-7-20-12(8)9/h3-5H,6-7H2,1-2H3. The zero-order valence-corrected chi connectivity index (χ0v) is 12.7. The van der Waals surface area contributed by atoms with Crippen LogP contribution in [0.5, 0.6) is 5.75 Å². The van der Waals surface area contributed by atoms with E-state index in [-0.39, 0.29) is 12.4 Å². The van der Waals surface area contributed by atoms with E-state index in [2.05, 4.69) is 0 Å². The Morgan fingerprint density at radius 3 is 2.55 bits per heavy atom. The molecule has 0 aliphatic carbocycles. The average molecular weight is 325 g/mol. The molecule has 22 heavy (non-hydrogen) atoms. The fraction of sp³-hybridized carbons (Fsp3) is 0.333. The molecule has 0 amide bonds. The monoisotopic (exact) mass is 324 g/mol. The van der Waals surface area contributed by atoms with E-state index in [4.69, 9.17) is 30.5 Å². The van der Waals surface area contributed by atoms with Gasteiger partial charge in [0.05, 0.1) is 6.61 Å². The maximum absolute atomic E-state index is 12.0. The van der Waals surface area contributed by atoms with Gasteiger partial charge in [-0.1, -0.05) is 11.6 Å². The number of benzene rings is 1. The van der Waals surface area contributed by atoms with Crippen LogP contribution in [0, 0.1) is 0 Å². The minimum Gasteiger partial charge on any atom is -0.467 e. The van der Waals surface area contributed by atoms with Gasteiger partial charge in [0.1, 0.15) is 11.3 Å². The van der Waals surface area contributed by atoms with E-state index in [0.717, 1.165) is 5.56 Å². The Bertz CT molecular complexity index is 670. The van der Waals surface area contributed by atoms with Crippen molar-refractivity contribution in [2.75, 3.05) is 6.79 Å². The van der Waals surface area contributed by atoms with Crippen molar-refractivity contribution in [3.8, 4) is 5.75 Å². The number of hydrogen-bond acceptors (Lipinski definition) is 6. The number of carbonyl (C=O) groups excluding carboxylic acids is 2. The number of rotatable bonds is 1. The van der Waals surface area contributed by atoms with E-state index < -0.39 is 17.7 Å². The Morgan fingerprint density at radius 1 is 1.18 bits per heavy atom. The zero-order chi connectivity index (χ0) is 15.9. The van der Waals surface area contributed by atoms with Gasteiger partial charge in [-0.2, -0.15) is 0 Å². The molecule has 2 heterocycles. The van der Waals surface area contributed by atoms with Crippen LogP contribution in [0.1, 0.15) is 25.0 Å². The summed E-state index contributed by atoms with van der Waals surface area (Å²) in [6, 6.07) is 3.30. The number of halogens is 1. The molecule has 0 N–H and O–H groups in total. The summed E-state index contributed by atoms with van der Waals surface area (Å²) in [4.78, 5) is 24.0. The van der Waals surface area contributed by atoms with Gasteiger partial charge in [-0.05, 0) is 18.2 Å². The predicted octanol–water partition coefficient (Wildman–Crippen LogP) is 2.43. The highest BCUT2D eigenvalue weighted by atomic mass is 35.5. The molecule has 0 atom stereocenters. The van der Waals surface area contributed by atoms with Gasteiger partial charge in [0.15, 0.2) is 6.79 Å². The van der Waals surface area contributed by atoms with E-state index in [1.54, 1.807) is 12.1 Å². The van der Waals surface area contributed by atoms with Gasteiger partial charge in [-0.25, -0.2) is 9.59 Å². The van der Waals surface area contributed by atoms with Gasteiger partial charge in [-0.15, -0.1) is 0 Å². The van der Waals surface area contributed by atoms with Crippen LogP contribution in [0.3, 0.4) is 0 Å². The SMILES string of the molecule is CC1(C)OC(=O)C(=Cc2cc(Cl)cc3c2OCOC3)C(=O)O1. The number of hydrogen-bond donors (Lipinski definition) is 0. The normalized spacial score (nSPS) is 19.7. The Morgan fingerprint density at radius 2 is 1.86 bits per heavy atom. The third-order valence-electron chi connectivity index (χ3n) is 3.12. The second-order valence-electron chi connectivity index (χ2n) is 5.33. The van der Waals surface area contributed by atoms with Crippen molar-refractivity contribution >= 4 is 29.6 Å². The minimum atomic E-state index is -1.27. The van der Waals surface area contributed by atoms with Crippen molar-refractivity contribution in [2.24, 2.45) is 0 Å². The minimum absolute atomic E-state index is 0.0900. The summed E-state index contributed by atoms with van der Waals surface area (Å²) in [5.41, 5.74) is 1.02. The third-order valence-corrected chi connectivity index (χ3v) is 3.34. The van der Waals surface area contributed by atoms with Crippen molar-refractivity contribution in [3.05, 3.63) is 33.9 Å².